The molecular weight excluding hydrogens is 152 g/mol. The molecule has 0 heterocycles. The van der Waals surface area contributed by atoms with Crippen LogP contribution in [-0.2, 0) is 4.79 Å². The van der Waals surface area contributed by atoms with Gasteiger partial charge in [-0.25, -0.2) is 0 Å². The molecule has 0 amide bonds. The summed E-state index contributed by atoms with van der Waals surface area (Å²) in [6.07, 6.45) is 6.64. The molecular formula is C10H18O2. The zero-order chi connectivity index (χ0) is 9.40. The lowest BCUT2D eigenvalue weighted by Crippen LogP contribution is -1.91. The van der Waals surface area contributed by atoms with Gasteiger partial charge >= 0.3 is 5.97 Å². The lowest BCUT2D eigenvalue weighted by molar-refractivity contribution is -0.136. The Morgan fingerprint density at radius 3 is 2.58 bits per heavy atom. The molecule has 12 heavy (non-hydrogen) atoms. The molecule has 2 nitrogen and oxygen atoms in total. The highest BCUT2D eigenvalue weighted by Crippen LogP contribution is 2.08. The third-order valence-corrected chi connectivity index (χ3v) is 1.80. The first-order valence-corrected chi connectivity index (χ1v) is 4.54. The maximum atomic E-state index is 10.2. The number of carbonyl (C=O) groups is 1. The summed E-state index contributed by atoms with van der Waals surface area (Å²) in [5.41, 5.74) is 1.20. The molecule has 0 bridgehead atoms. The predicted molar refractivity (Wildman–Crippen MR) is 50.2 cm³/mol. The Bertz CT molecular complexity index is 159. The molecule has 0 aliphatic carbocycles. The van der Waals surface area contributed by atoms with E-state index < -0.39 is 5.97 Å². The van der Waals surface area contributed by atoms with Gasteiger partial charge in [0.1, 0.15) is 0 Å². The lowest BCUT2D eigenvalue weighted by Gasteiger charge is -1.98. The number of allylic oxidation sites excluding steroid dienone is 1. The molecule has 0 atom stereocenters. The van der Waals surface area contributed by atoms with E-state index in [0.717, 1.165) is 6.42 Å². The molecule has 1 N–H and O–H groups in total. The summed E-state index contributed by atoms with van der Waals surface area (Å²) >= 11 is 0. The Morgan fingerprint density at radius 2 is 2.08 bits per heavy atom. The number of aliphatic carboxylic acids is 1. The molecule has 0 spiro atoms. The van der Waals surface area contributed by atoms with Gasteiger partial charge in [0.2, 0.25) is 0 Å². The van der Waals surface area contributed by atoms with E-state index in [-0.39, 0.29) is 6.42 Å². The Hall–Kier alpha value is -0.790. The van der Waals surface area contributed by atoms with Crippen LogP contribution in [0.1, 0.15) is 46.0 Å². The van der Waals surface area contributed by atoms with E-state index >= 15 is 0 Å². The highest BCUT2D eigenvalue weighted by atomic mass is 16.4. The molecule has 0 fully saturated rings. The second-order valence-electron chi connectivity index (χ2n) is 3.11. The Kier molecular flexibility index (Phi) is 6.44. The fourth-order valence-corrected chi connectivity index (χ4v) is 1.02. The van der Waals surface area contributed by atoms with E-state index in [4.69, 9.17) is 5.11 Å². The summed E-state index contributed by atoms with van der Waals surface area (Å²) < 4.78 is 0. The van der Waals surface area contributed by atoms with Crippen molar-refractivity contribution in [3.63, 3.8) is 0 Å². The van der Waals surface area contributed by atoms with Gasteiger partial charge in [-0.3, -0.25) is 4.79 Å². The summed E-state index contributed by atoms with van der Waals surface area (Å²) in [6.45, 7) is 4.16. The van der Waals surface area contributed by atoms with E-state index in [9.17, 15) is 4.79 Å². The fraction of sp³-hybridized carbons (Fsp3) is 0.700. The summed E-state index contributed by atoms with van der Waals surface area (Å²) in [5.74, 6) is -0.746. The standard InChI is InChI=1S/C10H18O2/c1-3-4-5-6-9(2)7-8-10(11)12/h7H,3-6,8H2,1-2H3,(H,11,12). The van der Waals surface area contributed by atoms with Crippen LogP contribution in [0.3, 0.4) is 0 Å². The van der Waals surface area contributed by atoms with Crippen molar-refractivity contribution in [3.8, 4) is 0 Å². The SMILES string of the molecule is CCCCCC(C)=CCC(=O)O. The van der Waals surface area contributed by atoms with E-state index in [2.05, 4.69) is 6.92 Å². The van der Waals surface area contributed by atoms with Gasteiger partial charge in [-0.1, -0.05) is 31.4 Å². The normalized spacial score (nSPS) is 11.7. The minimum absolute atomic E-state index is 0.165. The van der Waals surface area contributed by atoms with Crippen LogP contribution in [0, 0.1) is 0 Å². The van der Waals surface area contributed by atoms with Gasteiger partial charge in [0, 0.05) is 0 Å². The van der Waals surface area contributed by atoms with Crippen LogP contribution in [0.4, 0.5) is 0 Å². The minimum Gasteiger partial charge on any atom is -0.481 e. The fourth-order valence-electron chi connectivity index (χ4n) is 1.02. The van der Waals surface area contributed by atoms with Crippen LogP contribution in [0.15, 0.2) is 11.6 Å². The van der Waals surface area contributed by atoms with Gasteiger partial charge in [0.25, 0.3) is 0 Å². The number of rotatable bonds is 6. The summed E-state index contributed by atoms with van der Waals surface area (Å²) in [5, 5.41) is 8.39. The van der Waals surface area contributed by atoms with Gasteiger partial charge in [-0.15, -0.1) is 0 Å². The average Bonchev–Trinajstić information content (AvgIpc) is 2.01. The molecule has 0 aromatic rings. The topological polar surface area (TPSA) is 37.3 Å². The molecule has 0 aliphatic heterocycles. The van der Waals surface area contributed by atoms with Gasteiger partial charge in [-0.05, 0) is 19.8 Å². The van der Waals surface area contributed by atoms with Crippen molar-refractivity contribution in [1.82, 2.24) is 0 Å². The second kappa shape index (κ2) is 6.89. The van der Waals surface area contributed by atoms with E-state index in [1.165, 1.54) is 24.8 Å². The smallest absolute Gasteiger partial charge is 0.307 e. The second-order valence-corrected chi connectivity index (χ2v) is 3.11. The third-order valence-electron chi connectivity index (χ3n) is 1.80. The maximum Gasteiger partial charge on any atom is 0.307 e. The van der Waals surface area contributed by atoms with Crippen molar-refractivity contribution in [2.45, 2.75) is 46.0 Å². The number of unbranched alkanes of at least 4 members (excludes halogenated alkanes) is 2. The van der Waals surface area contributed by atoms with E-state index in [1.807, 2.05) is 6.92 Å². The number of carboxylic acid groups (broad SMARTS) is 1. The molecule has 70 valence electrons. The quantitative estimate of drug-likeness (QED) is 0.491. The maximum absolute atomic E-state index is 10.2. The number of hydrogen-bond donors (Lipinski definition) is 1. The van der Waals surface area contributed by atoms with Crippen LogP contribution < -0.4 is 0 Å². The third kappa shape index (κ3) is 7.32. The van der Waals surface area contributed by atoms with Crippen molar-refractivity contribution >= 4 is 5.97 Å². The Morgan fingerprint density at radius 1 is 1.42 bits per heavy atom. The van der Waals surface area contributed by atoms with Gasteiger partial charge in [-0.2, -0.15) is 0 Å². The van der Waals surface area contributed by atoms with Gasteiger partial charge in [0.05, 0.1) is 6.42 Å². The van der Waals surface area contributed by atoms with Crippen LogP contribution in [0.25, 0.3) is 0 Å². The number of hydrogen-bond acceptors (Lipinski definition) is 1. The largest absolute Gasteiger partial charge is 0.481 e. The highest BCUT2D eigenvalue weighted by Gasteiger charge is 1.93. The Labute approximate surface area is 74.3 Å². The molecule has 0 radical (unpaired) electrons. The number of carboxylic acids is 1. The van der Waals surface area contributed by atoms with E-state index in [1.54, 1.807) is 6.08 Å². The summed E-state index contributed by atoms with van der Waals surface area (Å²) in [7, 11) is 0. The van der Waals surface area contributed by atoms with Gasteiger partial charge in [0.15, 0.2) is 0 Å². The zero-order valence-electron chi connectivity index (χ0n) is 7.97. The van der Waals surface area contributed by atoms with Crippen molar-refractivity contribution in [2.75, 3.05) is 0 Å². The molecule has 0 unspecified atom stereocenters. The van der Waals surface area contributed by atoms with E-state index in [0.29, 0.717) is 0 Å². The molecule has 0 saturated carbocycles. The Balaban J connectivity index is 3.49. The van der Waals surface area contributed by atoms with Crippen molar-refractivity contribution < 1.29 is 9.90 Å². The first kappa shape index (κ1) is 11.2. The first-order chi connectivity index (χ1) is 5.66. The molecule has 0 saturated heterocycles. The molecule has 0 aliphatic rings. The van der Waals surface area contributed by atoms with Crippen molar-refractivity contribution in [2.24, 2.45) is 0 Å². The molecule has 2 heteroatoms. The van der Waals surface area contributed by atoms with Gasteiger partial charge < -0.3 is 5.11 Å². The zero-order valence-corrected chi connectivity index (χ0v) is 7.97. The minimum atomic E-state index is -0.746. The van der Waals surface area contributed by atoms with Crippen molar-refractivity contribution in [1.29, 1.82) is 0 Å². The summed E-state index contributed by atoms with van der Waals surface area (Å²) in [6, 6.07) is 0. The highest BCUT2D eigenvalue weighted by molar-refractivity contribution is 5.68. The molecule has 0 aromatic heterocycles. The predicted octanol–water partition coefficient (Wildman–Crippen LogP) is 2.99. The summed E-state index contributed by atoms with van der Waals surface area (Å²) in [4.78, 5) is 10.2. The van der Waals surface area contributed by atoms with Crippen LogP contribution in [0.5, 0.6) is 0 Å². The first-order valence-electron chi connectivity index (χ1n) is 4.54. The van der Waals surface area contributed by atoms with Crippen molar-refractivity contribution in [3.05, 3.63) is 11.6 Å². The van der Waals surface area contributed by atoms with Crippen LogP contribution >= 0.6 is 0 Å². The van der Waals surface area contributed by atoms with Crippen LogP contribution in [-0.4, -0.2) is 11.1 Å². The molecule has 0 rings (SSSR count). The van der Waals surface area contributed by atoms with Crippen LogP contribution in [0.2, 0.25) is 0 Å². The monoisotopic (exact) mass is 170 g/mol. The molecule has 0 aromatic carbocycles. The lowest BCUT2D eigenvalue weighted by atomic mass is 10.1. The average molecular weight is 170 g/mol.